The molecule has 1 heterocycles. The molecular weight excluding hydrogens is 248 g/mol. The lowest BCUT2D eigenvalue weighted by atomic mass is 10.2. The van der Waals surface area contributed by atoms with Crippen molar-refractivity contribution >= 4 is 17.0 Å². The molecule has 0 aliphatic heterocycles. The average molecular weight is 260 g/mol. The zero-order chi connectivity index (χ0) is 13.8. The summed E-state index contributed by atoms with van der Waals surface area (Å²) in [5, 5.41) is 7.81. The zero-order valence-electron chi connectivity index (χ0n) is 10.3. The third kappa shape index (κ3) is 2.76. The molecule has 0 saturated carbocycles. The molecule has 1 amide bonds. The van der Waals surface area contributed by atoms with E-state index in [0.29, 0.717) is 10.9 Å². The third-order valence-electron chi connectivity index (χ3n) is 2.35. The molecule has 2 aromatic rings. The number of ether oxygens (including phenoxy) is 1. The Hall–Kier alpha value is -2.70. The number of aryl methyl sites for hydroxylation is 1. The van der Waals surface area contributed by atoms with E-state index in [-0.39, 0.29) is 6.61 Å². The van der Waals surface area contributed by atoms with Crippen molar-refractivity contribution in [1.29, 1.82) is 0 Å². The Labute approximate surface area is 108 Å². The minimum absolute atomic E-state index is 0.0424. The number of aromatic nitrogens is 3. The number of nitrogens with zero attached hydrogens (tertiary/aromatic N) is 3. The Kier molecular flexibility index (Phi) is 3.56. The quantitative estimate of drug-likeness (QED) is 0.831. The molecule has 1 N–H and O–H groups in total. The highest BCUT2D eigenvalue weighted by Gasteiger charge is 2.08. The average Bonchev–Trinajstić information content (AvgIpc) is 2.40. The first-order valence-corrected chi connectivity index (χ1v) is 5.53. The second kappa shape index (κ2) is 5.30. The molecule has 98 valence electrons. The Balaban J connectivity index is 2.34. The van der Waals surface area contributed by atoms with Crippen molar-refractivity contribution < 1.29 is 9.53 Å². The van der Waals surface area contributed by atoms with Gasteiger partial charge in [0, 0.05) is 0 Å². The number of nitrogens with one attached hydrogen (secondary N) is 1. The minimum Gasteiger partial charge on any atom is -0.444 e. The van der Waals surface area contributed by atoms with Crippen LogP contribution < -0.4 is 11.0 Å². The molecule has 0 fully saturated rings. The molecule has 0 aliphatic rings. The van der Waals surface area contributed by atoms with Crippen LogP contribution in [0.25, 0.3) is 10.9 Å². The molecule has 0 atom stereocenters. The van der Waals surface area contributed by atoms with Gasteiger partial charge >= 0.3 is 6.09 Å². The number of fused-ring (bicyclic) bond motifs is 1. The molecule has 1 aromatic carbocycles. The lowest BCUT2D eigenvalue weighted by Gasteiger charge is -2.06. The van der Waals surface area contributed by atoms with Crippen molar-refractivity contribution in [3.8, 4) is 0 Å². The van der Waals surface area contributed by atoms with Crippen LogP contribution in [0.5, 0.6) is 0 Å². The summed E-state index contributed by atoms with van der Waals surface area (Å²) in [4.78, 5) is 24.1. The highest BCUT2D eigenvalue weighted by atomic mass is 16.6. The van der Waals surface area contributed by atoms with E-state index in [1.807, 2.05) is 13.0 Å². The summed E-state index contributed by atoms with van der Waals surface area (Å²) in [6.45, 7) is 5.31. The monoisotopic (exact) mass is 260 g/mol. The van der Waals surface area contributed by atoms with E-state index in [1.54, 1.807) is 12.1 Å². The van der Waals surface area contributed by atoms with Crippen LogP contribution in [0.3, 0.4) is 0 Å². The standard InChI is InChI=1S/C12H12N4O3/c1-3-6-19-12(18)14-16-11(17)9-7-8(2)4-5-10(9)13-15-16/h3-5,7H,1,6H2,2H3,(H,14,18). The van der Waals surface area contributed by atoms with E-state index < -0.39 is 11.7 Å². The van der Waals surface area contributed by atoms with E-state index in [2.05, 4.69) is 22.3 Å². The highest BCUT2D eigenvalue weighted by molar-refractivity contribution is 5.79. The van der Waals surface area contributed by atoms with Crippen LogP contribution >= 0.6 is 0 Å². The molecule has 7 nitrogen and oxygen atoms in total. The van der Waals surface area contributed by atoms with Crippen molar-refractivity contribution in [2.75, 3.05) is 12.0 Å². The molecule has 0 unspecified atom stereocenters. The first-order chi connectivity index (χ1) is 9.11. The van der Waals surface area contributed by atoms with E-state index in [9.17, 15) is 9.59 Å². The minimum atomic E-state index is -0.802. The van der Waals surface area contributed by atoms with Crippen LogP contribution in [-0.4, -0.2) is 27.8 Å². The maximum atomic E-state index is 12.1. The van der Waals surface area contributed by atoms with Gasteiger partial charge in [-0.15, -0.1) is 9.89 Å². The maximum Gasteiger partial charge on any atom is 0.428 e. The first-order valence-electron chi connectivity index (χ1n) is 5.53. The highest BCUT2D eigenvalue weighted by Crippen LogP contribution is 2.07. The lowest BCUT2D eigenvalue weighted by molar-refractivity contribution is 0.169. The number of benzene rings is 1. The van der Waals surface area contributed by atoms with Crippen LogP contribution in [0.2, 0.25) is 0 Å². The van der Waals surface area contributed by atoms with Gasteiger partial charge in [0.2, 0.25) is 0 Å². The number of hydrogen-bond acceptors (Lipinski definition) is 5. The molecule has 0 spiro atoms. The van der Waals surface area contributed by atoms with Gasteiger partial charge in [0.15, 0.2) is 0 Å². The van der Waals surface area contributed by atoms with Crippen molar-refractivity contribution in [1.82, 2.24) is 15.1 Å². The van der Waals surface area contributed by atoms with Gasteiger partial charge in [-0.05, 0) is 24.3 Å². The van der Waals surface area contributed by atoms with Gasteiger partial charge in [-0.25, -0.2) is 10.2 Å². The van der Waals surface area contributed by atoms with Crippen LogP contribution in [0.1, 0.15) is 5.56 Å². The smallest absolute Gasteiger partial charge is 0.428 e. The van der Waals surface area contributed by atoms with Gasteiger partial charge in [0.05, 0.1) is 5.39 Å². The zero-order valence-corrected chi connectivity index (χ0v) is 10.3. The predicted octanol–water partition coefficient (Wildman–Crippen LogP) is 0.966. The number of carbonyl (C=O) groups excluding carboxylic acids is 1. The lowest BCUT2D eigenvalue weighted by Crippen LogP contribution is -2.36. The molecule has 1 aromatic heterocycles. The van der Waals surface area contributed by atoms with Gasteiger partial charge in [0.1, 0.15) is 12.1 Å². The fraction of sp³-hybridized carbons (Fsp3) is 0.167. The second-order valence-corrected chi connectivity index (χ2v) is 3.83. The predicted molar refractivity (Wildman–Crippen MR) is 69.4 cm³/mol. The van der Waals surface area contributed by atoms with Crippen LogP contribution in [0, 0.1) is 6.92 Å². The number of amides is 1. The third-order valence-corrected chi connectivity index (χ3v) is 2.35. The van der Waals surface area contributed by atoms with Crippen LogP contribution in [0.15, 0.2) is 35.6 Å². The topological polar surface area (TPSA) is 86.1 Å². The summed E-state index contributed by atoms with van der Waals surface area (Å²) in [6.07, 6.45) is 0.612. The van der Waals surface area contributed by atoms with E-state index >= 15 is 0 Å². The number of hydrogen-bond donors (Lipinski definition) is 1. The Morgan fingerprint density at radius 3 is 3.11 bits per heavy atom. The van der Waals surface area contributed by atoms with Crippen molar-refractivity contribution in [2.45, 2.75) is 6.92 Å². The van der Waals surface area contributed by atoms with Gasteiger partial charge in [0.25, 0.3) is 5.56 Å². The fourth-order valence-corrected chi connectivity index (χ4v) is 1.48. The van der Waals surface area contributed by atoms with E-state index in [0.717, 1.165) is 10.4 Å². The molecule has 2 rings (SSSR count). The summed E-state index contributed by atoms with van der Waals surface area (Å²) in [7, 11) is 0. The number of carbonyl (C=O) groups is 1. The Morgan fingerprint density at radius 2 is 2.37 bits per heavy atom. The maximum absolute atomic E-state index is 12.1. The molecule has 7 heteroatoms. The Bertz CT molecular complexity index is 693. The first kappa shape index (κ1) is 12.7. The normalized spacial score (nSPS) is 10.2. The SMILES string of the molecule is C=CCOC(=O)Nn1nnc2ccc(C)cc2c1=O. The molecule has 0 saturated heterocycles. The van der Waals surface area contributed by atoms with Gasteiger partial charge in [-0.1, -0.05) is 24.3 Å². The van der Waals surface area contributed by atoms with Crippen molar-refractivity contribution in [3.05, 3.63) is 46.8 Å². The molecule has 0 bridgehead atoms. The van der Waals surface area contributed by atoms with Gasteiger partial charge in [-0.2, -0.15) is 0 Å². The molecule has 0 aliphatic carbocycles. The summed E-state index contributed by atoms with van der Waals surface area (Å²) < 4.78 is 4.69. The second-order valence-electron chi connectivity index (χ2n) is 3.83. The summed E-state index contributed by atoms with van der Waals surface area (Å²) >= 11 is 0. The van der Waals surface area contributed by atoms with Crippen LogP contribution in [0.4, 0.5) is 4.79 Å². The molecule has 19 heavy (non-hydrogen) atoms. The molecular formula is C12H12N4O3. The van der Waals surface area contributed by atoms with E-state index in [1.165, 1.54) is 6.08 Å². The molecule has 0 radical (unpaired) electrons. The summed E-state index contributed by atoms with van der Waals surface area (Å²) in [5.74, 6) is 0. The fourth-order valence-electron chi connectivity index (χ4n) is 1.48. The van der Waals surface area contributed by atoms with E-state index in [4.69, 9.17) is 4.74 Å². The van der Waals surface area contributed by atoms with Gasteiger partial charge < -0.3 is 4.74 Å². The summed E-state index contributed by atoms with van der Waals surface area (Å²) in [5.41, 5.74) is 3.09. The Morgan fingerprint density at radius 1 is 1.58 bits per heavy atom. The van der Waals surface area contributed by atoms with Crippen molar-refractivity contribution in [3.63, 3.8) is 0 Å². The summed E-state index contributed by atoms with van der Waals surface area (Å²) in [6, 6.07) is 5.20. The van der Waals surface area contributed by atoms with Gasteiger partial charge in [-0.3, -0.25) is 4.79 Å². The number of rotatable bonds is 3. The largest absolute Gasteiger partial charge is 0.444 e. The van der Waals surface area contributed by atoms with Crippen LogP contribution in [-0.2, 0) is 4.74 Å². The van der Waals surface area contributed by atoms with Crippen molar-refractivity contribution in [2.24, 2.45) is 0 Å².